The summed E-state index contributed by atoms with van der Waals surface area (Å²) in [7, 11) is 0. The minimum absolute atomic E-state index is 0.249. The zero-order valence-corrected chi connectivity index (χ0v) is 11.3. The quantitative estimate of drug-likeness (QED) is 0.625. The van der Waals surface area contributed by atoms with Crippen LogP contribution in [-0.2, 0) is 6.54 Å². The van der Waals surface area contributed by atoms with Crippen molar-refractivity contribution in [1.29, 1.82) is 0 Å². The summed E-state index contributed by atoms with van der Waals surface area (Å²) < 4.78 is 2.15. The molecule has 3 nitrogen and oxygen atoms in total. The van der Waals surface area contributed by atoms with Crippen LogP contribution in [0.5, 0.6) is 0 Å². The summed E-state index contributed by atoms with van der Waals surface area (Å²) in [4.78, 5) is 0. The number of rotatable bonds is 6. The van der Waals surface area contributed by atoms with E-state index in [1.54, 1.807) is 0 Å². The molecule has 0 aromatic carbocycles. The summed E-state index contributed by atoms with van der Waals surface area (Å²) in [6.07, 6.45) is 8.41. The van der Waals surface area contributed by atoms with E-state index in [1.165, 1.54) is 25.7 Å². The van der Waals surface area contributed by atoms with E-state index in [0.717, 1.165) is 25.2 Å². The van der Waals surface area contributed by atoms with E-state index >= 15 is 0 Å². The van der Waals surface area contributed by atoms with Crippen LogP contribution < -0.4 is 5.32 Å². The van der Waals surface area contributed by atoms with E-state index in [0.29, 0.717) is 6.04 Å². The minimum atomic E-state index is 0.249. The lowest BCUT2D eigenvalue weighted by Crippen LogP contribution is -2.17. The summed E-state index contributed by atoms with van der Waals surface area (Å²) in [6, 6.07) is 2.77. The Morgan fingerprint density at radius 3 is 3.00 bits per heavy atom. The van der Waals surface area contributed by atoms with Crippen LogP contribution in [0.4, 0.5) is 0 Å². The molecular formula is C13H22ClN3. The van der Waals surface area contributed by atoms with Crippen molar-refractivity contribution in [3.8, 4) is 0 Å². The third kappa shape index (κ3) is 4.00. The minimum Gasteiger partial charge on any atom is -0.311 e. The lowest BCUT2D eigenvalue weighted by molar-refractivity contribution is 0.460. The zero-order chi connectivity index (χ0) is 12.1. The maximum absolute atomic E-state index is 5.89. The first-order valence-electron chi connectivity index (χ1n) is 6.64. The summed E-state index contributed by atoms with van der Waals surface area (Å²) in [5.41, 5.74) is 1.14. The SMILES string of the molecule is CC(Cl)CCNCc1ccn(C2CCCC2)n1. The molecule has 0 bridgehead atoms. The zero-order valence-electron chi connectivity index (χ0n) is 10.5. The van der Waals surface area contributed by atoms with Gasteiger partial charge >= 0.3 is 0 Å². The number of nitrogens with zero attached hydrogens (tertiary/aromatic N) is 2. The Bertz CT molecular complexity index is 329. The van der Waals surface area contributed by atoms with Gasteiger partial charge in [0.05, 0.1) is 11.7 Å². The molecule has 4 heteroatoms. The van der Waals surface area contributed by atoms with Gasteiger partial charge in [0.25, 0.3) is 0 Å². The summed E-state index contributed by atoms with van der Waals surface area (Å²) in [6.45, 7) is 3.84. The Morgan fingerprint density at radius 1 is 1.53 bits per heavy atom. The van der Waals surface area contributed by atoms with Crippen molar-refractivity contribution in [3.05, 3.63) is 18.0 Å². The van der Waals surface area contributed by atoms with Crippen LogP contribution in [0.1, 0.15) is 50.8 Å². The fraction of sp³-hybridized carbons (Fsp3) is 0.769. The molecule has 0 aliphatic heterocycles. The molecular weight excluding hydrogens is 234 g/mol. The van der Waals surface area contributed by atoms with E-state index in [9.17, 15) is 0 Å². The summed E-state index contributed by atoms with van der Waals surface area (Å²) >= 11 is 5.89. The van der Waals surface area contributed by atoms with Gasteiger partial charge in [0.1, 0.15) is 0 Å². The first kappa shape index (κ1) is 12.9. The van der Waals surface area contributed by atoms with Crippen molar-refractivity contribution in [2.75, 3.05) is 6.54 Å². The van der Waals surface area contributed by atoms with Crippen molar-refractivity contribution in [1.82, 2.24) is 15.1 Å². The van der Waals surface area contributed by atoms with Crippen LogP contribution in [0.25, 0.3) is 0 Å². The molecule has 1 N–H and O–H groups in total. The van der Waals surface area contributed by atoms with E-state index in [4.69, 9.17) is 11.6 Å². The Labute approximate surface area is 109 Å². The molecule has 0 saturated heterocycles. The number of aromatic nitrogens is 2. The number of hydrogen-bond donors (Lipinski definition) is 1. The molecule has 0 amide bonds. The summed E-state index contributed by atoms with van der Waals surface area (Å²) in [5, 5.41) is 8.26. The number of halogens is 1. The van der Waals surface area contributed by atoms with Crippen LogP contribution in [0.15, 0.2) is 12.3 Å². The molecule has 1 fully saturated rings. The van der Waals surface area contributed by atoms with Crippen molar-refractivity contribution in [3.63, 3.8) is 0 Å². The summed E-state index contributed by atoms with van der Waals surface area (Å²) in [5.74, 6) is 0. The predicted molar refractivity (Wildman–Crippen MR) is 71.4 cm³/mol. The van der Waals surface area contributed by atoms with E-state index in [-0.39, 0.29) is 5.38 Å². The fourth-order valence-corrected chi connectivity index (χ4v) is 2.47. The molecule has 1 unspecified atom stereocenters. The van der Waals surface area contributed by atoms with Crippen LogP contribution in [-0.4, -0.2) is 21.7 Å². The van der Waals surface area contributed by atoms with Crippen molar-refractivity contribution >= 4 is 11.6 Å². The smallest absolute Gasteiger partial charge is 0.0762 e. The molecule has 17 heavy (non-hydrogen) atoms. The highest BCUT2D eigenvalue weighted by atomic mass is 35.5. The highest BCUT2D eigenvalue weighted by Gasteiger charge is 2.17. The molecule has 1 aliphatic carbocycles. The van der Waals surface area contributed by atoms with Gasteiger partial charge in [-0.25, -0.2) is 0 Å². The van der Waals surface area contributed by atoms with Gasteiger partial charge in [0.15, 0.2) is 0 Å². The Balaban J connectivity index is 1.74. The van der Waals surface area contributed by atoms with Gasteiger partial charge in [-0.15, -0.1) is 11.6 Å². The van der Waals surface area contributed by atoms with E-state index < -0.39 is 0 Å². The van der Waals surface area contributed by atoms with Gasteiger partial charge < -0.3 is 5.32 Å². The molecule has 1 aromatic rings. The third-order valence-corrected chi connectivity index (χ3v) is 3.61. The van der Waals surface area contributed by atoms with E-state index in [2.05, 4.69) is 27.4 Å². The maximum Gasteiger partial charge on any atom is 0.0762 e. The van der Waals surface area contributed by atoms with Crippen LogP contribution >= 0.6 is 11.6 Å². The third-order valence-electron chi connectivity index (χ3n) is 3.39. The average Bonchev–Trinajstić information content (AvgIpc) is 2.94. The lowest BCUT2D eigenvalue weighted by Gasteiger charge is -2.09. The second-order valence-corrected chi connectivity index (χ2v) is 5.72. The Hall–Kier alpha value is -0.540. The number of hydrogen-bond acceptors (Lipinski definition) is 2. The second-order valence-electron chi connectivity index (χ2n) is 4.97. The molecule has 1 aliphatic rings. The molecule has 1 atom stereocenters. The normalized spacial score (nSPS) is 18.7. The lowest BCUT2D eigenvalue weighted by atomic mass is 10.3. The predicted octanol–water partition coefficient (Wildman–Crippen LogP) is 3.11. The van der Waals surface area contributed by atoms with Crippen LogP contribution in [0.2, 0.25) is 0 Å². The molecule has 0 radical (unpaired) electrons. The van der Waals surface area contributed by atoms with Crippen molar-refractivity contribution in [2.24, 2.45) is 0 Å². The van der Waals surface area contributed by atoms with Gasteiger partial charge in [0, 0.05) is 18.1 Å². The first-order valence-corrected chi connectivity index (χ1v) is 7.08. The molecule has 1 heterocycles. The Morgan fingerprint density at radius 2 is 2.29 bits per heavy atom. The molecule has 1 aromatic heterocycles. The monoisotopic (exact) mass is 255 g/mol. The van der Waals surface area contributed by atoms with Gasteiger partial charge in [-0.1, -0.05) is 12.8 Å². The maximum atomic E-state index is 5.89. The van der Waals surface area contributed by atoms with Gasteiger partial charge in [-0.2, -0.15) is 5.10 Å². The largest absolute Gasteiger partial charge is 0.311 e. The molecule has 0 spiro atoms. The topological polar surface area (TPSA) is 29.9 Å². The molecule has 2 rings (SSSR count). The first-order chi connectivity index (χ1) is 8.25. The number of nitrogens with one attached hydrogen (secondary N) is 1. The highest BCUT2D eigenvalue weighted by Crippen LogP contribution is 2.28. The highest BCUT2D eigenvalue weighted by molar-refractivity contribution is 6.20. The number of alkyl halides is 1. The fourth-order valence-electron chi connectivity index (χ4n) is 2.36. The van der Waals surface area contributed by atoms with Gasteiger partial charge in [-0.3, -0.25) is 4.68 Å². The standard InChI is InChI=1S/C13H22ClN3/c1-11(14)6-8-15-10-12-7-9-17(16-12)13-4-2-3-5-13/h7,9,11,13,15H,2-6,8,10H2,1H3. The Kier molecular flexibility index (Phi) is 4.86. The van der Waals surface area contributed by atoms with Crippen molar-refractivity contribution < 1.29 is 0 Å². The van der Waals surface area contributed by atoms with Crippen LogP contribution in [0.3, 0.4) is 0 Å². The average molecular weight is 256 g/mol. The van der Waals surface area contributed by atoms with Crippen LogP contribution in [0, 0.1) is 0 Å². The molecule has 96 valence electrons. The second kappa shape index (κ2) is 6.41. The van der Waals surface area contributed by atoms with E-state index in [1.807, 2.05) is 6.92 Å². The van der Waals surface area contributed by atoms with Gasteiger partial charge in [-0.05, 0) is 38.8 Å². The molecule has 1 saturated carbocycles. The van der Waals surface area contributed by atoms with Gasteiger partial charge in [0.2, 0.25) is 0 Å². The van der Waals surface area contributed by atoms with Crippen molar-refractivity contribution in [2.45, 2.75) is 57.0 Å².